The minimum Gasteiger partial charge on any atom is -0.478 e. The summed E-state index contributed by atoms with van der Waals surface area (Å²) in [6.07, 6.45) is 1.07. The summed E-state index contributed by atoms with van der Waals surface area (Å²) in [6.45, 7) is 3.75. The first-order chi connectivity index (χ1) is 8.14. The van der Waals surface area contributed by atoms with E-state index in [0.717, 1.165) is 6.26 Å². The second-order valence-electron chi connectivity index (χ2n) is 4.00. The number of halogens is 1. The van der Waals surface area contributed by atoms with Gasteiger partial charge in [0.15, 0.2) is 9.84 Å². The van der Waals surface area contributed by atoms with Gasteiger partial charge in [-0.1, -0.05) is 25.4 Å². The van der Waals surface area contributed by atoms with Crippen LogP contribution in [0.4, 0.5) is 0 Å². The molecule has 0 aliphatic carbocycles. The van der Waals surface area contributed by atoms with Gasteiger partial charge in [0.1, 0.15) is 0 Å². The second-order valence-corrected chi connectivity index (χ2v) is 7.95. The first kappa shape index (κ1) is 15.3. The normalized spacial score (nSPS) is 11.8. The lowest BCUT2D eigenvalue weighted by Gasteiger charge is -2.13. The molecule has 100 valence electrons. The summed E-state index contributed by atoms with van der Waals surface area (Å²) < 4.78 is 23.3. The number of carboxylic acids is 1. The van der Waals surface area contributed by atoms with E-state index in [4.69, 9.17) is 16.7 Å². The maximum atomic E-state index is 11.6. The molecular weight excluding hydrogens is 296 g/mol. The minimum atomic E-state index is -3.44. The average molecular weight is 309 g/mol. The van der Waals surface area contributed by atoms with Crippen LogP contribution in [-0.4, -0.2) is 31.0 Å². The highest BCUT2D eigenvalue weighted by Crippen LogP contribution is 2.38. The lowest BCUT2D eigenvalue weighted by molar-refractivity contribution is 0.0696. The molecule has 1 aromatic rings. The van der Waals surface area contributed by atoms with Gasteiger partial charge in [0, 0.05) is 16.4 Å². The Kier molecular flexibility index (Phi) is 4.69. The Morgan fingerprint density at radius 3 is 2.33 bits per heavy atom. The number of carboxylic acid groups (broad SMARTS) is 1. The summed E-state index contributed by atoms with van der Waals surface area (Å²) in [5.74, 6) is -1.18. The number of hydrogen-bond donors (Lipinski definition) is 1. The van der Waals surface area contributed by atoms with Crippen LogP contribution in [0, 0.1) is 0 Å². The van der Waals surface area contributed by atoms with Crippen LogP contribution in [0.1, 0.15) is 24.2 Å². The first-order valence-electron chi connectivity index (χ1n) is 5.07. The van der Waals surface area contributed by atoms with Crippen LogP contribution < -0.4 is 0 Å². The summed E-state index contributed by atoms with van der Waals surface area (Å²) in [6, 6.07) is 2.50. The van der Waals surface area contributed by atoms with Crippen LogP contribution in [0.25, 0.3) is 0 Å². The van der Waals surface area contributed by atoms with Crippen molar-refractivity contribution in [1.82, 2.24) is 0 Å². The van der Waals surface area contributed by atoms with Gasteiger partial charge in [-0.3, -0.25) is 0 Å². The number of benzene rings is 1. The standard InChI is InChI=1S/C11H13ClO4S2/c1-6(2)17-10-8(18(3,15)16)5-4-7(9(10)12)11(13)14/h4-6H,1-3H3,(H,13,14). The van der Waals surface area contributed by atoms with Crippen LogP contribution in [0.2, 0.25) is 5.02 Å². The molecule has 0 spiro atoms. The molecule has 0 amide bonds. The molecule has 7 heteroatoms. The van der Waals surface area contributed by atoms with Crippen molar-refractivity contribution in [2.45, 2.75) is 28.9 Å². The predicted molar refractivity (Wildman–Crippen MR) is 72.5 cm³/mol. The summed E-state index contributed by atoms with van der Waals surface area (Å²) in [5.41, 5.74) is -0.0905. The van der Waals surface area contributed by atoms with Crippen molar-refractivity contribution in [3.05, 3.63) is 22.7 Å². The summed E-state index contributed by atoms with van der Waals surface area (Å²) in [7, 11) is -3.44. The molecular formula is C11H13ClO4S2. The lowest BCUT2D eigenvalue weighted by Crippen LogP contribution is -2.05. The van der Waals surface area contributed by atoms with Gasteiger partial charge in [0.05, 0.1) is 15.5 Å². The number of aromatic carboxylic acids is 1. The molecule has 0 aliphatic rings. The number of thioether (sulfide) groups is 1. The fraction of sp³-hybridized carbons (Fsp3) is 0.364. The SMILES string of the molecule is CC(C)Sc1c(S(C)(=O)=O)ccc(C(=O)O)c1Cl. The Morgan fingerprint density at radius 1 is 1.39 bits per heavy atom. The van der Waals surface area contributed by atoms with Gasteiger partial charge in [-0.15, -0.1) is 11.8 Å². The number of rotatable bonds is 4. The van der Waals surface area contributed by atoms with E-state index in [1.165, 1.54) is 23.9 Å². The molecule has 0 fully saturated rings. The third kappa shape index (κ3) is 3.40. The molecule has 18 heavy (non-hydrogen) atoms. The topological polar surface area (TPSA) is 71.4 Å². The highest BCUT2D eigenvalue weighted by Gasteiger charge is 2.22. The van der Waals surface area contributed by atoms with Gasteiger partial charge < -0.3 is 5.11 Å². The number of sulfone groups is 1. The van der Waals surface area contributed by atoms with Gasteiger partial charge in [-0.25, -0.2) is 13.2 Å². The predicted octanol–water partition coefficient (Wildman–Crippen LogP) is 2.94. The zero-order valence-electron chi connectivity index (χ0n) is 10.1. The zero-order valence-corrected chi connectivity index (χ0v) is 12.5. The van der Waals surface area contributed by atoms with E-state index in [1.807, 2.05) is 13.8 Å². The van der Waals surface area contributed by atoms with Crippen molar-refractivity contribution >= 4 is 39.2 Å². The fourth-order valence-corrected chi connectivity index (χ4v) is 4.00. The molecule has 1 aromatic carbocycles. The summed E-state index contributed by atoms with van der Waals surface area (Å²) in [4.78, 5) is 11.3. The van der Waals surface area contributed by atoms with Crippen molar-refractivity contribution < 1.29 is 18.3 Å². The molecule has 0 saturated carbocycles. The van der Waals surface area contributed by atoms with Crippen molar-refractivity contribution in [2.75, 3.05) is 6.26 Å². The molecule has 0 aliphatic heterocycles. The largest absolute Gasteiger partial charge is 0.478 e. The third-order valence-electron chi connectivity index (χ3n) is 2.04. The lowest BCUT2D eigenvalue weighted by atomic mass is 10.2. The molecule has 1 N–H and O–H groups in total. The smallest absolute Gasteiger partial charge is 0.337 e. The zero-order chi connectivity index (χ0) is 14.1. The molecule has 0 aromatic heterocycles. The molecule has 0 atom stereocenters. The monoisotopic (exact) mass is 308 g/mol. The Bertz CT molecular complexity index is 579. The minimum absolute atomic E-state index is 0.0240. The van der Waals surface area contributed by atoms with Crippen LogP contribution in [0.3, 0.4) is 0 Å². The van der Waals surface area contributed by atoms with Crippen molar-refractivity contribution in [2.24, 2.45) is 0 Å². The molecule has 0 unspecified atom stereocenters. The van der Waals surface area contributed by atoms with E-state index in [-0.39, 0.29) is 20.7 Å². The molecule has 0 radical (unpaired) electrons. The van der Waals surface area contributed by atoms with Crippen LogP contribution in [-0.2, 0) is 9.84 Å². The Balaban J connectivity index is 3.56. The van der Waals surface area contributed by atoms with Crippen molar-refractivity contribution in [1.29, 1.82) is 0 Å². The molecule has 0 saturated heterocycles. The van der Waals surface area contributed by atoms with Gasteiger partial charge in [0.25, 0.3) is 0 Å². The second kappa shape index (κ2) is 5.50. The molecule has 1 rings (SSSR count). The maximum Gasteiger partial charge on any atom is 0.337 e. The van der Waals surface area contributed by atoms with E-state index in [1.54, 1.807) is 0 Å². The summed E-state index contributed by atoms with van der Waals surface area (Å²) >= 11 is 7.23. The summed E-state index contributed by atoms with van der Waals surface area (Å²) in [5, 5.41) is 9.04. The van der Waals surface area contributed by atoms with E-state index in [9.17, 15) is 13.2 Å². The number of carbonyl (C=O) groups is 1. The van der Waals surface area contributed by atoms with Gasteiger partial charge >= 0.3 is 5.97 Å². The molecule has 0 bridgehead atoms. The van der Waals surface area contributed by atoms with E-state index < -0.39 is 15.8 Å². The quantitative estimate of drug-likeness (QED) is 0.866. The highest BCUT2D eigenvalue weighted by atomic mass is 35.5. The van der Waals surface area contributed by atoms with Gasteiger partial charge in [-0.05, 0) is 12.1 Å². The number of hydrogen-bond acceptors (Lipinski definition) is 4. The van der Waals surface area contributed by atoms with Crippen LogP contribution >= 0.6 is 23.4 Å². The fourth-order valence-electron chi connectivity index (χ4n) is 1.34. The maximum absolute atomic E-state index is 11.6. The molecule has 4 nitrogen and oxygen atoms in total. The van der Waals surface area contributed by atoms with Crippen LogP contribution in [0.5, 0.6) is 0 Å². The van der Waals surface area contributed by atoms with E-state index >= 15 is 0 Å². The van der Waals surface area contributed by atoms with Crippen LogP contribution in [0.15, 0.2) is 21.9 Å². The first-order valence-corrected chi connectivity index (χ1v) is 8.22. The Morgan fingerprint density at radius 2 is 1.94 bits per heavy atom. The third-order valence-corrected chi connectivity index (χ3v) is 4.95. The Hall–Kier alpha value is -0.720. The van der Waals surface area contributed by atoms with Crippen molar-refractivity contribution in [3.63, 3.8) is 0 Å². The van der Waals surface area contributed by atoms with Crippen molar-refractivity contribution in [3.8, 4) is 0 Å². The van der Waals surface area contributed by atoms with Gasteiger partial charge in [-0.2, -0.15) is 0 Å². The van der Waals surface area contributed by atoms with E-state index in [2.05, 4.69) is 0 Å². The highest BCUT2D eigenvalue weighted by molar-refractivity contribution is 8.00. The van der Waals surface area contributed by atoms with Gasteiger partial charge in [0.2, 0.25) is 0 Å². The Labute approximate surface area is 115 Å². The van der Waals surface area contributed by atoms with E-state index in [0.29, 0.717) is 4.90 Å². The average Bonchev–Trinajstić information content (AvgIpc) is 2.17. The molecule has 0 heterocycles.